The Morgan fingerprint density at radius 3 is 2.79 bits per heavy atom. The summed E-state index contributed by atoms with van der Waals surface area (Å²) in [4.78, 5) is 31.5. The summed E-state index contributed by atoms with van der Waals surface area (Å²) < 4.78 is 1.38. The third-order valence-corrected chi connectivity index (χ3v) is 4.03. The second-order valence-corrected chi connectivity index (χ2v) is 5.95. The Hall–Kier alpha value is -2.51. The molecule has 1 amide bonds. The van der Waals surface area contributed by atoms with Crippen LogP contribution < -0.4 is 10.9 Å². The molecule has 3 aromatic rings. The Balaban J connectivity index is 1.77. The smallest absolute Gasteiger partial charge is 0.264 e. The predicted octanol–water partition coefficient (Wildman–Crippen LogP) is 2.42. The lowest BCUT2D eigenvalue weighted by Crippen LogP contribution is -2.33. The van der Waals surface area contributed by atoms with Gasteiger partial charge in [-0.1, -0.05) is 23.7 Å². The van der Waals surface area contributed by atoms with Crippen LogP contribution in [0.5, 0.6) is 0 Å². The summed E-state index contributed by atoms with van der Waals surface area (Å²) >= 11 is 11.0. The first kappa shape index (κ1) is 16.4. The molecule has 8 heteroatoms. The van der Waals surface area contributed by atoms with Gasteiger partial charge in [-0.15, -0.1) is 0 Å². The highest BCUT2D eigenvalue weighted by atomic mass is 35.5. The predicted molar refractivity (Wildman–Crippen MR) is 94.5 cm³/mol. The molecule has 0 saturated carbocycles. The highest BCUT2D eigenvalue weighted by molar-refractivity contribution is 7.71. The average Bonchev–Trinajstić information content (AvgIpc) is 2.58. The lowest BCUT2D eigenvalue weighted by Gasteiger charge is -2.09. The number of carbonyl (C=O) groups excluding carboxylic acids is 1. The second kappa shape index (κ2) is 6.94. The van der Waals surface area contributed by atoms with E-state index in [0.29, 0.717) is 22.6 Å². The van der Waals surface area contributed by atoms with Crippen LogP contribution in [-0.4, -0.2) is 20.4 Å². The number of amides is 1. The summed E-state index contributed by atoms with van der Waals surface area (Å²) in [6.45, 7) is 0.183. The largest absolute Gasteiger partial charge is 0.350 e. The first-order chi connectivity index (χ1) is 11.5. The maximum atomic E-state index is 12.4. The molecule has 0 saturated heterocycles. The summed E-state index contributed by atoms with van der Waals surface area (Å²) in [6.07, 6.45) is 1.57. The van der Waals surface area contributed by atoms with Gasteiger partial charge in [-0.05, 0) is 42.0 Å². The highest BCUT2D eigenvalue weighted by Gasteiger charge is 2.10. The third-order valence-electron chi connectivity index (χ3n) is 3.46. The zero-order valence-electron chi connectivity index (χ0n) is 12.5. The maximum Gasteiger partial charge on any atom is 0.264 e. The summed E-state index contributed by atoms with van der Waals surface area (Å²) in [6, 6.07) is 10.4. The minimum atomic E-state index is -0.344. The van der Waals surface area contributed by atoms with Crippen molar-refractivity contribution >= 4 is 40.8 Å². The minimum absolute atomic E-state index is 0.160. The van der Waals surface area contributed by atoms with E-state index in [0.717, 1.165) is 5.56 Å². The van der Waals surface area contributed by atoms with E-state index in [1.165, 1.54) is 4.57 Å². The van der Waals surface area contributed by atoms with Gasteiger partial charge in [0.05, 0.1) is 5.39 Å². The van der Waals surface area contributed by atoms with E-state index < -0.39 is 0 Å². The summed E-state index contributed by atoms with van der Waals surface area (Å²) in [5, 5.41) is 3.77. The van der Waals surface area contributed by atoms with Gasteiger partial charge in [0.15, 0.2) is 4.77 Å². The van der Waals surface area contributed by atoms with Crippen LogP contribution in [0.1, 0.15) is 5.56 Å². The van der Waals surface area contributed by atoms with Gasteiger partial charge in [-0.3, -0.25) is 14.2 Å². The van der Waals surface area contributed by atoms with Gasteiger partial charge >= 0.3 is 0 Å². The molecule has 0 bridgehead atoms. The Bertz CT molecular complexity index is 1010. The minimum Gasteiger partial charge on any atom is -0.350 e. The lowest BCUT2D eigenvalue weighted by atomic mass is 10.2. The molecule has 6 nitrogen and oxygen atoms in total. The van der Waals surface area contributed by atoms with Gasteiger partial charge in [0.25, 0.3) is 5.56 Å². The standard InChI is InChI=1S/C16H13ClN4O2S/c17-11-5-3-10(4-6-11)8-19-13(22)9-21-15(23)12-2-1-7-18-14(12)20-16(21)24/h1-7H,8-9H2,(H,19,22)(H,18,20,24). The number of pyridine rings is 1. The molecule has 3 rings (SSSR count). The molecule has 2 N–H and O–H groups in total. The molecule has 0 spiro atoms. The number of nitrogens with zero attached hydrogens (tertiary/aromatic N) is 2. The Morgan fingerprint density at radius 2 is 2.04 bits per heavy atom. The first-order valence-corrected chi connectivity index (χ1v) is 7.92. The zero-order valence-corrected chi connectivity index (χ0v) is 14.0. The van der Waals surface area contributed by atoms with E-state index >= 15 is 0 Å². The molecule has 24 heavy (non-hydrogen) atoms. The molecule has 0 aliphatic carbocycles. The van der Waals surface area contributed by atoms with Crippen molar-refractivity contribution in [1.29, 1.82) is 0 Å². The molecule has 0 aliphatic rings. The number of halogens is 1. The number of H-pyrrole nitrogens is 1. The summed E-state index contributed by atoms with van der Waals surface area (Å²) in [7, 11) is 0. The lowest BCUT2D eigenvalue weighted by molar-refractivity contribution is -0.121. The van der Waals surface area contributed by atoms with Gasteiger partial charge in [0.1, 0.15) is 12.2 Å². The molecule has 1 aromatic carbocycles. The second-order valence-electron chi connectivity index (χ2n) is 5.12. The third kappa shape index (κ3) is 3.52. The van der Waals surface area contributed by atoms with Crippen LogP contribution in [0.15, 0.2) is 47.4 Å². The van der Waals surface area contributed by atoms with Crippen molar-refractivity contribution < 1.29 is 4.79 Å². The molecular formula is C16H13ClN4O2S. The Labute approximate surface area is 147 Å². The number of aromatic amines is 1. The number of carbonyl (C=O) groups is 1. The monoisotopic (exact) mass is 360 g/mol. The van der Waals surface area contributed by atoms with Gasteiger partial charge in [-0.2, -0.15) is 0 Å². The fraction of sp³-hybridized carbons (Fsp3) is 0.125. The van der Waals surface area contributed by atoms with Crippen LogP contribution in [0.25, 0.3) is 11.0 Å². The highest BCUT2D eigenvalue weighted by Crippen LogP contribution is 2.09. The first-order valence-electron chi connectivity index (χ1n) is 7.13. The van der Waals surface area contributed by atoms with E-state index in [4.69, 9.17) is 23.8 Å². The van der Waals surface area contributed by atoms with Crippen molar-refractivity contribution in [3.05, 3.63) is 68.3 Å². The fourth-order valence-corrected chi connectivity index (χ4v) is 2.60. The average molecular weight is 361 g/mol. The van der Waals surface area contributed by atoms with E-state index in [1.54, 1.807) is 30.5 Å². The number of aromatic nitrogens is 3. The van der Waals surface area contributed by atoms with Crippen LogP contribution in [0, 0.1) is 4.77 Å². The zero-order chi connectivity index (χ0) is 17.1. The maximum absolute atomic E-state index is 12.4. The quantitative estimate of drug-likeness (QED) is 0.700. The number of nitrogens with one attached hydrogen (secondary N) is 2. The SMILES string of the molecule is O=C(Cn1c(=S)[nH]c2ncccc2c1=O)NCc1ccc(Cl)cc1. The van der Waals surface area contributed by atoms with Crippen LogP contribution in [0.4, 0.5) is 0 Å². The Morgan fingerprint density at radius 1 is 1.29 bits per heavy atom. The van der Waals surface area contributed by atoms with Crippen molar-refractivity contribution in [2.75, 3.05) is 0 Å². The fourth-order valence-electron chi connectivity index (χ4n) is 2.23. The molecule has 2 aromatic heterocycles. The van der Waals surface area contributed by atoms with Crippen LogP contribution in [-0.2, 0) is 17.9 Å². The van der Waals surface area contributed by atoms with E-state index in [2.05, 4.69) is 15.3 Å². The van der Waals surface area contributed by atoms with Crippen molar-refractivity contribution in [2.45, 2.75) is 13.1 Å². The number of rotatable bonds is 4. The molecule has 2 heterocycles. The van der Waals surface area contributed by atoms with Gasteiger partial charge in [0, 0.05) is 17.8 Å². The molecular weight excluding hydrogens is 348 g/mol. The molecule has 0 radical (unpaired) electrons. The van der Waals surface area contributed by atoms with E-state index in [-0.39, 0.29) is 22.8 Å². The van der Waals surface area contributed by atoms with Crippen LogP contribution >= 0.6 is 23.8 Å². The molecule has 0 atom stereocenters. The molecule has 0 aliphatic heterocycles. The number of benzene rings is 1. The van der Waals surface area contributed by atoms with Gasteiger partial charge in [0.2, 0.25) is 5.91 Å². The molecule has 122 valence electrons. The van der Waals surface area contributed by atoms with Gasteiger partial charge in [-0.25, -0.2) is 4.98 Å². The number of fused-ring (bicyclic) bond motifs is 1. The van der Waals surface area contributed by atoms with Crippen molar-refractivity contribution in [3.8, 4) is 0 Å². The molecule has 0 fully saturated rings. The molecule has 0 unspecified atom stereocenters. The summed E-state index contributed by atoms with van der Waals surface area (Å²) in [5.74, 6) is -0.310. The van der Waals surface area contributed by atoms with Gasteiger partial charge < -0.3 is 10.3 Å². The van der Waals surface area contributed by atoms with Crippen molar-refractivity contribution in [1.82, 2.24) is 19.9 Å². The number of hydrogen-bond donors (Lipinski definition) is 2. The van der Waals surface area contributed by atoms with Crippen molar-refractivity contribution in [3.63, 3.8) is 0 Å². The van der Waals surface area contributed by atoms with E-state index in [9.17, 15) is 9.59 Å². The topological polar surface area (TPSA) is 79.8 Å². The van der Waals surface area contributed by atoms with Crippen LogP contribution in [0.2, 0.25) is 5.02 Å². The normalized spacial score (nSPS) is 10.7. The Kier molecular flexibility index (Phi) is 4.73. The summed E-state index contributed by atoms with van der Waals surface area (Å²) in [5.41, 5.74) is 0.974. The van der Waals surface area contributed by atoms with E-state index in [1.807, 2.05) is 12.1 Å². The van der Waals surface area contributed by atoms with Crippen LogP contribution in [0.3, 0.4) is 0 Å². The van der Waals surface area contributed by atoms with Crippen molar-refractivity contribution in [2.24, 2.45) is 0 Å². The number of hydrogen-bond acceptors (Lipinski definition) is 4.